The van der Waals surface area contributed by atoms with Gasteiger partial charge in [0.1, 0.15) is 17.5 Å². The van der Waals surface area contributed by atoms with E-state index in [1.54, 1.807) is 6.20 Å². The SMILES string of the molecule is NC(=O)c1cnc(Nc2cn[nH]c2)nc1NCc1c(F)cccc1F. The molecule has 0 aliphatic carbocycles. The van der Waals surface area contributed by atoms with Gasteiger partial charge in [0.2, 0.25) is 5.95 Å². The second kappa shape index (κ2) is 6.91. The van der Waals surface area contributed by atoms with Crippen LogP contribution in [0.5, 0.6) is 0 Å². The molecule has 0 radical (unpaired) electrons. The Balaban J connectivity index is 1.86. The van der Waals surface area contributed by atoms with Gasteiger partial charge in [-0.15, -0.1) is 0 Å². The van der Waals surface area contributed by atoms with Crippen molar-refractivity contribution in [1.29, 1.82) is 0 Å². The lowest BCUT2D eigenvalue weighted by atomic mass is 10.2. The molecule has 0 saturated carbocycles. The number of rotatable bonds is 6. The highest BCUT2D eigenvalue weighted by Gasteiger charge is 2.14. The summed E-state index contributed by atoms with van der Waals surface area (Å²) in [5, 5.41) is 12.0. The number of amides is 1. The van der Waals surface area contributed by atoms with E-state index in [2.05, 4.69) is 30.8 Å². The zero-order chi connectivity index (χ0) is 17.8. The standard InChI is InChI=1S/C15H13F2N7O/c16-11-2-1-3-12(17)9(11)6-19-14-10(13(18)25)7-20-15(24-14)23-8-4-21-22-5-8/h1-5,7H,6H2,(H2,18,25)(H,21,22)(H2,19,20,23,24). The number of hydrogen-bond acceptors (Lipinski definition) is 6. The fourth-order valence-corrected chi connectivity index (χ4v) is 2.08. The van der Waals surface area contributed by atoms with Crippen LogP contribution in [0, 0.1) is 11.6 Å². The van der Waals surface area contributed by atoms with Crippen LogP contribution in [-0.2, 0) is 6.54 Å². The first-order valence-corrected chi connectivity index (χ1v) is 7.14. The average molecular weight is 345 g/mol. The third-order valence-corrected chi connectivity index (χ3v) is 3.30. The topological polar surface area (TPSA) is 122 Å². The Morgan fingerprint density at radius 1 is 1.24 bits per heavy atom. The van der Waals surface area contributed by atoms with E-state index in [1.807, 2.05) is 0 Å². The average Bonchev–Trinajstić information content (AvgIpc) is 3.07. The molecule has 0 fully saturated rings. The Bertz CT molecular complexity index is 879. The van der Waals surface area contributed by atoms with Gasteiger partial charge < -0.3 is 16.4 Å². The van der Waals surface area contributed by atoms with Gasteiger partial charge in [0, 0.05) is 24.5 Å². The maximum absolute atomic E-state index is 13.7. The summed E-state index contributed by atoms with van der Waals surface area (Å²) in [5.41, 5.74) is 5.70. The number of anilines is 3. The molecule has 2 aromatic heterocycles. The predicted molar refractivity (Wildman–Crippen MR) is 86.1 cm³/mol. The van der Waals surface area contributed by atoms with E-state index in [0.29, 0.717) is 5.69 Å². The Morgan fingerprint density at radius 3 is 2.64 bits per heavy atom. The summed E-state index contributed by atoms with van der Waals surface area (Å²) >= 11 is 0. The van der Waals surface area contributed by atoms with Gasteiger partial charge in [0.05, 0.1) is 17.4 Å². The van der Waals surface area contributed by atoms with Crippen molar-refractivity contribution in [3.05, 3.63) is 59.6 Å². The molecule has 3 rings (SSSR count). The number of primary amides is 1. The molecular weight excluding hydrogens is 332 g/mol. The van der Waals surface area contributed by atoms with Crippen molar-refractivity contribution in [2.45, 2.75) is 6.54 Å². The van der Waals surface area contributed by atoms with Gasteiger partial charge >= 0.3 is 0 Å². The summed E-state index contributed by atoms with van der Waals surface area (Å²) in [5.74, 6) is -1.98. The zero-order valence-electron chi connectivity index (χ0n) is 12.8. The summed E-state index contributed by atoms with van der Waals surface area (Å²) in [4.78, 5) is 19.6. The van der Waals surface area contributed by atoms with Crippen LogP contribution in [0.15, 0.2) is 36.8 Å². The minimum atomic E-state index is -0.772. The number of hydrogen-bond donors (Lipinski definition) is 4. The summed E-state index contributed by atoms with van der Waals surface area (Å²) in [6.07, 6.45) is 4.30. The molecule has 128 valence electrons. The van der Waals surface area contributed by atoms with E-state index in [9.17, 15) is 13.6 Å². The second-order valence-corrected chi connectivity index (χ2v) is 4.99. The fraction of sp³-hybridized carbons (Fsp3) is 0.0667. The maximum atomic E-state index is 13.7. The van der Waals surface area contributed by atoms with Crippen LogP contribution in [0.4, 0.5) is 26.2 Å². The van der Waals surface area contributed by atoms with Crippen molar-refractivity contribution in [2.24, 2.45) is 5.73 Å². The summed E-state index contributed by atoms with van der Waals surface area (Å²) in [6, 6.07) is 3.54. The van der Waals surface area contributed by atoms with Gasteiger partial charge in [-0.25, -0.2) is 13.8 Å². The van der Waals surface area contributed by atoms with E-state index in [-0.39, 0.29) is 29.4 Å². The number of aromatic nitrogens is 4. The van der Waals surface area contributed by atoms with Gasteiger partial charge in [-0.3, -0.25) is 9.89 Å². The zero-order valence-corrected chi connectivity index (χ0v) is 12.8. The number of nitrogens with two attached hydrogens (primary N) is 1. The molecule has 0 atom stereocenters. The highest BCUT2D eigenvalue weighted by Crippen LogP contribution is 2.19. The molecule has 25 heavy (non-hydrogen) atoms. The van der Waals surface area contributed by atoms with Crippen LogP contribution in [-0.4, -0.2) is 26.1 Å². The van der Waals surface area contributed by atoms with Crippen LogP contribution < -0.4 is 16.4 Å². The minimum absolute atomic E-state index is 0.00510. The van der Waals surface area contributed by atoms with Gasteiger partial charge in [0.25, 0.3) is 5.91 Å². The second-order valence-electron chi connectivity index (χ2n) is 4.99. The normalized spacial score (nSPS) is 10.5. The van der Waals surface area contributed by atoms with Crippen LogP contribution in [0.2, 0.25) is 0 Å². The Labute approximate surface area is 140 Å². The highest BCUT2D eigenvalue weighted by molar-refractivity contribution is 5.97. The number of carbonyl (C=O) groups excluding carboxylic acids is 1. The number of aromatic amines is 1. The third-order valence-electron chi connectivity index (χ3n) is 3.30. The molecule has 3 aromatic rings. The molecule has 5 N–H and O–H groups in total. The van der Waals surface area contributed by atoms with Gasteiger partial charge in [-0.05, 0) is 12.1 Å². The fourth-order valence-electron chi connectivity index (χ4n) is 2.08. The molecule has 0 spiro atoms. The number of carbonyl (C=O) groups is 1. The molecular formula is C15H13F2N7O. The molecule has 1 aromatic carbocycles. The monoisotopic (exact) mass is 345 g/mol. The lowest BCUT2D eigenvalue weighted by Crippen LogP contribution is -2.17. The molecule has 1 amide bonds. The molecule has 2 heterocycles. The van der Waals surface area contributed by atoms with Crippen molar-refractivity contribution < 1.29 is 13.6 Å². The maximum Gasteiger partial charge on any atom is 0.254 e. The van der Waals surface area contributed by atoms with Gasteiger partial charge in [-0.1, -0.05) is 6.07 Å². The first-order valence-electron chi connectivity index (χ1n) is 7.14. The molecule has 10 heteroatoms. The first-order chi connectivity index (χ1) is 12.0. The van der Waals surface area contributed by atoms with Crippen molar-refractivity contribution in [3.63, 3.8) is 0 Å². The summed E-state index contributed by atoms with van der Waals surface area (Å²) < 4.78 is 27.4. The van der Waals surface area contributed by atoms with E-state index < -0.39 is 17.5 Å². The van der Waals surface area contributed by atoms with Gasteiger partial charge in [-0.2, -0.15) is 10.1 Å². The quantitative estimate of drug-likeness (QED) is 0.542. The van der Waals surface area contributed by atoms with Gasteiger partial charge in [0.15, 0.2) is 0 Å². The van der Waals surface area contributed by atoms with Crippen LogP contribution in [0.25, 0.3) is 0 Å². The smallest absolute Gasteiger partial charge is 0.254 e. The van der Waals surface area contributed by atoms with E-state index in [0.717, 1.165) is 12.1 Å². The van der Waals surface area contributed by atoms with Crippen LogP contribution >= 0.6 is 0 Å². The van der Waals surface area contributed by atoms with Crippen LogP contribution in [0.3, 0.4) is 0 Å². The minimum Gasteiger partial charge on any atom is -0.365 e. The number of halogens is 2. The Kier molecular flexibility index (Phi) is 4.50. The predicted octanol–water partition coefficient (Wildman–Crippen LogP) is 1.93. The summed E-state index contributed by atoms with van der Waals surface area (Å²) in [7, 11) is 0. The lowest BCUT2D eigenvalue weighted by Gasteiger charge is -2.11. The number of benzene rings is 1. The number of nitrogens with zero attached hydrogens (tertiary/aromatic N) is 3. The Hall–Kier alpha value is -3.56. The lowest BCUT2D eigenvalue weighted by molar-refractivity contribution is 0.100. The molecule has 0 saturated heterocycles. The molecule has 0 aliphatic heterocycles. The molecule has 0 aliphatic rings. The largest absolute Gasteiger partial charge is 0.365 e. The van der Waals surface area contributed by atoms with Crippen molar-refractivity contribution in [3.8, 4) is 0 Å². The highest BCUT2D eigenvalue weighted by atomic mass is 19.1. The van der Waals surface area contributed by atoms with Crippen LogP contribution in [0.1, 0.15) is 15.9 Å². The third kappa shape index (κ3) is 3.68. The van der Waals surface area contributed by atoms with E-state index >= 15 is 0 Å². The molecule has 0 bridgehead atoms. The van der Waals surface area contributed by atoms with E-state index in [1.165, 1.54) is 18.5 Å². The van der Waals surface area contributed by atoms with E-state index in [4.69, 9.17) is 5.73 Å². The Morgan fingerprint density at radius 2 is 2.00 bits per heavy atom. The first kappa shape index (κ1) is 16.3. The molecule has 0 unspecified atom stereocenters. The van der Waals surface area contributed by atoms with Crippen molar-refractivity contribution in [2.75, 3.05) is 10.6 Å². The molecule has 8 nitrogen and oxygen atoms in total. The number of nitrogens with one attached hydrogen (secondary N) is 3. The van der Waals surface area contributed by atoms with Crippen molar-refractivity contribution >= 4 is 23.4 Å². The van der Waals surface area contributed by atoms with Crippen molar-refractivity contribution in [1.82, 2.24) is 20.2 Å². The number of H-pyrrole nitrogens is 1. The summed E-state index contributed by atoms with van der Waals surface area (Å²) in [6.45, 7) is -0.221.